The molecule has 0 radical (unpaired) electrons. The number of anilines is 1. The summed E-state index contributed by atoms with van der Waals surface area (Å²) in [6, 6.07) is 24.8. The number of halogens is 1. The largest absolute Gasteiger partial charge is 0.493 e. The molecule has 5 aliphatic rings. The molecule has 4 amide bonds. The van der Waals surface area contributed by atoms with Gasteiger partial charge in [0.05, 0.1) is 12.8 Å². The topological polar surface area (TPSA) is 84.9 Å². The summed E-state index contributed by atoms with van der Waals surface area (Å²) < 4.78 is 12.4. The molecule has 5 fully saturated rings. The van der Waals surface area contributed by atoms with E-state index in [2.05, 4.69) is 51.6 Å². The van der Waals surface area contributed by atoms with Gasteiger partial charge in [0, 0.05) is 4.47 Å². The van der Waals surface area contributed by atoms with E-state index in [1.54, 1.807) is 12.1 Å². The Bertz CT molecular complexity index is 1930. The summed E-state index contributed by atoms with van der Waals surface area (Å²) in [4.78, 5) is 40.8. The van der Waals surface area contributed by atoms with Gasteiger partial charge in [-0.1, -0.05) is 70.5 Å². The van der Waals surface area contributed by atoms with Gasteiger partial charge in [-0.05, 0) is 119 Å². The Hall–Kier alpha value is -4.43. The number of hydrogen-bond donors (Lipinski definition) is 1. The van der Waals surface area contributed by atoms with E-state index in [9.17, 15) is 14.4 Å². The Labute approximate surface area is 282 Å². The second kappa shape index (κ2) is 11.7. The van der Waals surface area contributed by atoms with Crippen molar-refractivity contribution in [1.82, 2.24) is 5.32 Å². The lowest BCUT2D eigenvalue weighted by atomic mass is 9.48. The van der Waals surface area contributed by atoms with Crippen LogP contribution in [0.25, 0.3) is 16.8 Å². The molecule has 47 heavy (non-hydrogen) atoms. The van der Waals surface area contributed by atoms with Crippen molar-refractivity contribution in [2.75, 3.05) is 12.0 Å². The Morgan fingerprint density at radius 1 is 0.872 bits per heavy atom. The molecule has 0 atom stereocenters. The molecule has 8 heteroatoms. The molecule has 0 aromatic heterocycles. The fraction of sp³-hybridized carbons (Fsp3) is 0.308. The minimum absolute atomic E-state index is 0.151. The maximum Gasteiger partial charge on any atom is 0.335 e. The highest BCUT2D eigenvalue weighted by Gasteiger charge is 2.51. The minimum Gasteiger partial charge on any atom is -0.493 e. The van der Waals surface area contributed by atoms with Crippen molar-refractivity contribution in [3.8, 4) is 11.5 Å². The van der Waals surface area contributed by atoms with E-state index >= 15 is 0 Å². The first-order valence-corrected chi connectivity index (χ1v) is 17.1. The van der Waals surface area contributed by atoms with E-state index in [0.717, 1.165) is 39.0 Å². The highest BCUT2D eigenvalue weighted by Crippen LogP contribution is 2.60. The third-order valence-corrected chi connectivity index (χ3v) is 11.4. The smallest absolute Gasteiger partial charge is 0.335 e. The Morgan fingerprint density at radius 2 is 1.55 bits per heavy atom. The third kappa shape index (κ3) is 5.32. The van der Waals surface area contributed by atoms with Crippen LogP contribution in [0.5, 0.6) is 11.5 Å². The van der Waals surface area contributed by atoms with Gasteiger partial charge >= 0.3 is 6.03 Å². The maximum atomic E-state index is 13.8. The number of ether oxygens (including phenoxy) is 2. The van der Waals surface area contributed by atoms with Gasteiger partial charge < -0.3 is 9.47 Å². The zero-order valence-corrected chi connectivity index (χ0v) is 27.7. The SMILES string of the molecule is COc1cc(/C=C2\C(=O)NC(=O)N(c3ccc(C45CC6CC(CC(C6)C4)C5)cc3)C2=O)c(Br)cc1OCc1cccc2ccccc12. The summed E-state index contributed by atoms with van der Waals surface area (Å²) in [5.74, 6) is 1.97. The Morgan fingerprint density at radius 3 is 2.26 bits per heavy atom. The van der Waals surface area contributed by atoms with E-state index in [-0.39, 0.29) is 11.0 Å². The van der Waals surface area contributed by atoms with Crippen LogP contribution in [0, 0.1) is 17.8 Å². The lowest BCUT2D eigenvalue weighted by molar-refractivity contribution is -0.122. The number of nitrogens with one attached hydrogen (secondary N) is 1. The lowest BCUT2D eigenvalue weighted by Gasteiger charge is -2.57. The van der Waals surface area contributed by atoms with Crippen LogP contribution in [0.3, 0.4) is 0 Å². The molecule has 4 aliphatic carbocycles. The van der Waals surface area contributed by atoms with Crippen molar-refractivity contribution in [1.29, 1.82) is 0 Å². The van der Waals surface area contributed by atoms with Crippen LogP contribution >= 0.6 is 15.9 Å². The number of rotatable bonds is 7. The Kier molecular flexibility index (Phi) is 7.43. The first-order chi connectivity index (χ1) is 22.8. The molecule has 1 saturated heterocycles. The fourth-order valence-corrected chi connectivity index (χ4v) is 9.42. The normalized spacial score (nSPS) is 25.8. The van der Waals surface area contributed by atoms with Crippen molar-refractivity contribution < 1.29 is 23.9 Å². The minimum atomic E-state index is -0.756. The molecule has 1 heterocycles. The third-order valence-electron chi connectivity index (χ3n) is 10.7. The monoisotopic (exact) mass is 690 g/mol. The molecule has 0 unspecified atom stereocenters. The van der Waals surface area contributed by atoms with Crippen LogP contribution in [-0.2, 0) is 21.6 Å². The summed E-state index contributed by atoms with van der Waals surface area (Å²) >= 11 is 3.59. The van der Waals surface area contributed by atoms with Crippen molar-refractivity contribution in [2.45, 2.75) is 50.5 Å². The molecule has 238 valence electrons. The number of methoxy groups -OCH3 is 1. The van der Waals surface area contributed by atoms with E-state index in [4.69, 9.17) is 9.47 Å². The van der Waals surface area contributed by atoms with Gasteiger partial charge in [0.25, 0.3) is 11.8 Å². The summed E-state index contributed by atoms with van der Waals surface area (Å²) in [6.45, 7) is 0.324. The molecule has 7 nitrogen and oxygen atoms in total. The number of benzene rings is 4. The predicted octanol–water partition coefficient (Wildman–Crippen LogP) is 8.32. The molecule has 4 aromatic carbocycles. The predicted molar refractivity (Wildman–Crippen MR) is 184 cm³/mol. The molecule has 4 aromatic rings. The molecule has 4 bridgehead atoms. The average molecular weight is 692 g/mol. The Balaban J connectivity index is 1.04. The molecule has 4 saturated carbocycles. The average Bonchev–Trinajstić information content (AvgIpc) is 3.06. The van der Waals surface area contributed by atoms with E-state index < -0.39 is 17.8 Å². The van der Waals surface area contributed by atoms with Crippen LogP contribution < -0.4 is 19.7 Å². The van der Waals surface area contributed by atoms with Gasteiger partial charge in [-0.3, -0.25) is 14.9 Å². The van der Waals surface area contributed by atoms with Gasteiger partial charge in [0.1, 0.15) is 12.2 Å². The highest BCUT2D eigenvalue weighted by molar-refractivity contribution is 9.10. The van der Waals surface area contributed by atoms with Crippen LogP contribution in [0.15, 0.2) is 88.9 Å². The van der Waals surface area contributed by atoms with Crippen molar-refractivity contribution in [3.05, 3.63) is 106 Å². The van der Waals surface area contributed by atoms with Crippen LogP contribution in [0.2, 0.25) is 0 Å². The van der Waals surface area contributed by atoms with Crippen molar-refractivity contribution in [2.24, 2.45) is 17.8 Å². The zero-order chi connectivity index (χ0) is 32.3. The standard InChI is InChI=1S/C39H35BrN2O5/c1-46-34-17-28(33(40)18-35(34)47-22-27-7-4-6-26-5-2-3-8-31(26)27)16-32-36(43)41-38(45)42(37(32)44)30-11-9-29(10-12-30)39-19-23-13-24(20-39)15-25(14-23)21-39/h2-12,16-18,23-25H,13-15,19-22H2,1H3,(H,41,43,45)/b32-16+. The lowest BCUT2D eigenvalue weighted by Crippen LogP contribution is -2.54. The summed E-state index contributed by atoms with van der Waals surface area (Å²) in [5, 5.41) is 4.59. The second-order valence-corrected chi connectivity index (χ2v) is 14.5. The van der Waals surface area contributed by atoms with Crippen LogP contribution in [-0.4, -0.2) is 25.0 Å². The molecule has 9 rings (SSSR count). The quantitative estimate of drug-likeness (QED) is 0.156. The van der Waals surface area contributed by atoms with E-state index in [0.29, 0.717) is 33.8 Å². The van der Waals surface area contributed by atoms with Crippen LogP contribution in [0.4, 0.5) is 10.5 Å². The van der Waals surface area contributed by atoms with Gasteiger partial charge in [0.2, 0.25) is 0 Å². The maximum absolute atomic E-state index is 13.8. The van der Waals surface area contributed by atoms with Crippen LogP contribution in [0.1, 0.15) is 55.2 Å². The molecular formula is C39H35BrN2O5. The van der Waals surface area contributed by atoms with Gasteiger partial charge in [-0.15, -0.1) is 0 Å². The number of amides is 4. The molecule has 1 N–H and O–H groups in total. The number of hydrogen-bond acceptors (Lipinski definition) is 5. The molecular weight excluding hydrogens is 656 g/mol. The molecule has 0 spiro atoms. The highest BCUT2D eigenvalue weighted by atomic mass is 79.9. The number of fused-ring (bicyclic) bond motifs is 1. The van der Waals surface area contributed by atoms with Gasteiger partial charge in [-0.25, -0.2) is 9.69 Å². The first kappa shape index (κ1) is 29.9. The van der Waals surface area contributed by atoms with Gasteiger partial charge in [0.15, 0.2) is 11.5 Å². The number of carbonyl (C=O) groups is 3. The van der Waals surface area contributed by atoms with Crippen molar-refractivity contribution >= 4 is 56.3 Å². The van der Waals surface area contributed by atoms with Crippen molar-refractivity contribution in [3.63, 3.8) is 0 Å². The first-order valence-electron chi connectivity index (χ1n) is 16.3. The summed E-state index contributed by atoms with van der Waals surface area (Å²) in [6.07, 6.45) is 9.27. The zero-order valence-electron chi connectivity index (χ0n) is 26.1. The number of imide groups is 2. The van der Waals surface area contributed by atoms with E-state index in [1.807, 2.05) is 36.4 Å². The number of urea groups is 1. The summed E-state index contributed by atoms with van der Waals surface area (Å²) in [7, 11) is 1.54. The molecule has 1 aliphatic heterocycles. The number of nitrogens with zero attached hydrogens (tertiary/aromatic N) is 1. The van der Waals surface area contributed by atoms with E-state index in [1.165, 1.54) is 57.3 Å². The fourth-order valence-electron chi connectivity index (χ4n) is 8.98. The number of barbiturate groups is 1. The summed E-state index contributed by atoms with van der Waals surface area (Å²) in [5.41, 5.74) is 3.36. The second-order valence-electron chi connectivity index (χ2n) is 13.7. The van der Waals surface area contributed by atoms with Gasteiger partial charge in [-0.2, -0.15) is 0 Å². The number of carbonyl (C=O) groups excluding carboxylic acids is 3.